The van der Waals surface area contributed by atoms with Crippen LogP contribution < -0.4 is 15.2 Å². The van der Waals surface area contributed by atoms with Crippen molar-refractivity contribution in [1.82, 2.24) is 14.7 Å². The van der Waals surface area contributed by atoms with E-state index in [0.29, 0.717) is 6.61 Å². The highest BCUT2D eigenvalue weighted by Gasteiger charge is 2.26. The maximum Gasteiger partial charge on any atom is 0.281 e. The monoisotopic (exact) mass is 420 g/mol. The van der Waals surface area contributed by atoms with E-state index in [-0.39, 0.29) is 33.1 Å². The predicted molar refractivity (Wildman–Crippen MR) is 111 cm³/mol. The fourth-order valence-electron chi connectivity index (χ4n) is 2.24. The average molecular weight is 421 g/mol. The second kappa shape index (κ2) is 7.98. The SMILES string of the molecule is CC(C)(C)COc1nc(C(C)(C)C)ccc1C(=O)NS(=O)(=O)c1cccc(N)n1. The second-order valence-electron chi connectivity index (χ2n) is 8.98. The molecule has 158 valence electrons. The Balaban J connectivity index is 2.39. The molecule has 2 heterocycles. The largest absolute Gasteiger partial charge is 0.477 e. The minimum absolute atomic E-state index is 0.0229. The zero-order valence-corrected chi connectivity index (χ0v) is 18.4. The molecule has 0 aromatic carbocycles. The van der Waals surface area contributed by atoms with Gasteiger partial charge in [-0.3, -0.25) is 4.79 Å². The van der Waals surface area contributed by atoms with E-state index in [1.54, 1.807) is 6.07 Å². The number of anilines is 1. The summed E-state index contributed by atoms with van der Waals surface area (Å²) in [6, 6.07) is 7.35. The van der Waals surface area contributed by atoms with Crippen molar-refractivity contribution in [1.29, 1.82) is 0 Å². The number of hydrogen-bond donors (Lipinski definition) is 2. The van der Waals surface area contributed by atoms with E-state index in [4.69, 9.17) is 10.5 Å². The maximum atomic E-state index is 12.8. The lowest BCUT2D eigenvalue weighted by Gasteiger charge is -2.22. The Morgan fingerprint density at radius 2 is 1.72 bits per heavy atom. The Bertz CT molecular complexity index is 1010. The van der Waals surface area contributed by atoms with Crippen molar-refractivity contribution in [3.05, 3.63) is 41.6 Å². The number of nitrogens with zero attached hydrogens (tertiary/aromatic N) is 2. The summed E-state index contributed by atoms with van der Waals surface area (Å²) in [7, 11) is -4.20. The smallest absolute Gasteiger partial charge is 0.281 e. The summed E-state index contributed by atoms with van der Waals surface area (Å²) in [6.45, 7) is 12.2. The number of amides is 1. The van der Waals surface area contributed by atoms with Crippen LogP contribution in [-0.2, 0) is 15.4 Å². The lowest BCUT2D eigenvalue weighted by atomic mass is 9.91. The lowest BCUT2D eigenvalue weighted by Crippen LogP contribution is -2.32. The van der Waals surface area contributed by atoms with Crippen LogP contribution in [0, 0.1) is 5.41 Å². The first-order valence-electron chi connectivity index (χ1n) is 9.13. The molecule has 0 unspecified atom stereocenters. The van der Waals surface area contributed by atoms with Crippen molar-refractivity contribution >= 4 is 21.7 Å². The number of ether oxygens (including phenoxy) is 1. The third-order valence-corrected chi connectivity index (χ3v) is 4.99. The third-order valence-electron chi connectivity index (χ3n) is 3.76. The van der Waals surface area contributed by atoms with Gasteiger partial charge in [0.2, 0.25) is 5.88 Å². The van der Waals surface area contributed by atoms with E-state index < -0.39 is 15.9 Å². The van der Waals surface area contributed by atoms with E-state index in [9.17, 15) is 13.2 Å². The lowest BCUT2D eigenvalue weighted by molar-refractivity contribution is 0.0972. The van der Waals surface area contributed by atoms with Crippen LogP contribution in [0.15, 0.2) is 35.4 Å². The number of carbonyl (C=O) groups excluding carboxylic acids is 1. The first-order chi connectivity index (χ1) is 13.2. The van der Waals surface area contributed by atoms with Gasteiger partial charge in [0.15, 0.2) is 5.03 Å². The van der Waals surface area contributed by atoms with Gasteiger partial charge in [-0.05, 0) is 29.7 Å². The Hall–Kier alpha value is -2.68. The van der Waals surface area contributed by atoms with Gasteiger partial charge in [-0.1, -0.05) is 47.6 Å². The Kier molecular flexibility index (Phi) is 6.22. The van der Waals surface area contributed by atoms with Crippen LogP contribution in [0.2, 0.25) is 0 Å². The Morgan fingerprint density at radius 1 is 1.07 bits per heavy atom. The van der Waals surface area contributed by atoms with Gasteiger partial charge in [-0.15, -0.1) is 0 Å². The van der Waals surface area contributed by atoms with Gasteiger partial charge >= 0.3 is 0 Å². The Morgan fingerprint density at radius 3 is 2.28 bits per heavy atom. The summed E-state index contributed by atoms with van der Waals surface area (Å²) in [4.78, 5) is 21.0. The standard InChI is InChI=1S/C20H28N4O4S/c1-19(2,3)12-28-18-13(10-11-14(22-18)20(4,5)6)17(25)24-29(26,27)16-9-7-8-15(21)23-16/h7-11H,12H2,1-6H3,(H2,21,23)(H,24,25). The number of pyridine rings is 2. The van der Waals surface area contributed by atoms with E-state index in [1.165, 1.54) is 24.3 Å². The molecule has 2 aromatic heterocycles. The molecule has 0 spiro atoms. The zero-order valence-electron chi connectivity index (χ0n) is 17.6. The highest BCUT2D eigenvalue weighted by molar-refractivity contribution is 7.90. The van der Waals surface area contributed by atoms with E-state index in [1.807, 2.05) is 46.3 Å². The number of nitrogens with two attached hydrogens (primary N) is 1. The van der Waals surface area contributed by atoms with Gasteiger partial charge in [0.25, 0.3) is 15.9 Å². The minimum Gasteiger partial charge on any atom is -0.477 e. The fraction of sp³-hybridized carbons (Fsp3) is 0.450. The van der Waals surface area contributed by atoms with Crippen molar-refractivity contribution in [2.24, 2.45) is 5.41 Å². The van der Waals surface area contributed by atoms with Crippen molar-refractivity contribution in [3.63, 3.8) is 0 Å². The van der Waals surface area contributed by atoms with Crippen LogP contribution in [0.4, 0.5) is 5.82 Å². The highest BCUT2D eigenvalue weighted by Crippen LogP contribution is 2.26. The van der Waals surface area contributed by atoms with Crippen molar-refractivity contribution < 1.29 is 17.9 Å². The normalized spacial score (nSPS) is 12.5. The topological polar surface area (TPSA) is 124 Å². The minimum atomic E-state index is -4.20. The summed E-state index contributed by atoms with van der Waals surface area (Å²) in [5, 5.41) is -0.345. The summed E-state index contributed by atoms with van der Waals surface area (Å²) in [5.74, 6) is -0.739. The average Bonchev–Trinajstić information content (AvgIpc) is 2.58. The molecule has 0 radical (unpaired) electrons. The summed E-state index contributed by atoms with van der Waals surface area (Å²) >= 11 is 0. The molecule has 9 heteroatoms. The van der Waals surface area contributed by atoms with Crippen LogP contribution in [-0.4, -0.2) is 30.9 Å². The molecule has 0 aliphatic heterocycles. The molecule has 0 bridgehead atoms. The molecule has 0 fully saturated rings. The van der Waals surface area contributed by atoms with Gasteiger partial charge in [0, 0.05) is 11.1 Å². The molecule has 0 saturated carbocycles. The summed E-state index contributed by atoms with van der Waals surface area (Å²) < 4.78 is 32.8. The van der Waals surface area contributed by atoms with Crippen LogP contribution in [0.3, 0.4) is 0 Å². The number of carbonyl (C=O) groups is 1. The Labute approximate surface area is 172 Å². The molecule has 1 amide bonds. The van der Waals surface area contributed by atoms with Gasteiger partial charge in [-0.25, -0.2) is 14.7 Å². The molecule has 2 rings (SSSR count). The van der Waals surface area contributed by atoms with Gasteiger partial charge < -0.3 is 10.5 Å². The van der Waals surface area contributed by atoms with E-state index >= 15 is 0 Å². The quantitative estimate of drug-likeness (QED) is 0.762. The van der Waals surface area contributed by atoms with Crippen LogP contribution in [0.1, 0.15) is 57.6 Å². The van der Waals surface area contributed by atoms with E-state index in [0.717, 1.165) is 5.69 Å². The first kappa shape index (κ1) is 22.6. The zero-order chi connectivity index (χ0) is 22.0. The summed E-state index contributed by atoms with van der Waals surface area (Å²) in [6.07, 6.45) is 0. The van der Waals surface area contributed by atoms with Crippen molar-refractivity contribution in [3.8, 4) is 5.88 Å². The molecule has 0 aliphatic rings. The fourth-order valence-corrected chi connectivity index (χ4v) is 3.18. The summed E-state index contributed by atoms with van der Waals surface area (Å²) in [5.41, 5.74) is 5.84. The molecule has 0 atom stereocenters. The number of sulfonamides is 1. The first-order valence-corrected chi connectivity index (χ1v) is 10.6. The number of hydrogen-bond acceptors (Lipinski definition) is 7. The molecule has 8 nitrogen and oxygen atoms in total. The number of nitrogen functional groups attached to an aromatic ring is 1. The van der Waals surface area contributed by atoms with Crippen molar-refractivity contribution in [2.45, 2.75) is 52.0 Å². The molecule has 2 aromatic rings. The molecular formula is C20H28N4O4S. The number of aromatic nitrogens is 2. The number of rotatable bonds is 5. The van der Waals surface area contributed by atoms with Gasteiger partial charge in [0.05, 0.1) is 6.61 Å². The van der Waals surface area contributed by atoms with Crippen LogP contribution >= 0.6 is 0 Å². The highest BCUT2D eigenvalue weighted by atomic mass is 32.2. The molecular weight excluding hydrogens is 392 g/mol. The molecule has 3 N–H and O–H groups in total. The molecule has 0 aliphatic carbocycles. The maximum absolute atomic E-state index is 12.8. The van der Waals surface area contributed by atoms with Gasteiger partial charge in [0.1, 0.15) is 11.4 Å². The second-order valence-corrected chi connectivity index (χ2v) is 10.6. The van der Waals surface area contributed by atoms with Gasteiger partial charge in [-0.2, -0.15) is 8.42 Å². The van der Waals surface area contributed by atoms with Crippen LogP contribution in [0.25, 0.3) is 0 Å². The molecule has 0 saturated heterocycles. The predicted octanol–water partition coefficient (Wildman–Crippen LogP) is 2.90. The van der Waals surface area contributed by atoms with Crippen LogP contribution in [0.5, 0.6) is 5.88 Å². The van der Waals surface area contributed by atoms with E-state index in [2.05, 4.69) is 9.97 Å². The number of nitrogens with one attached hydrogen (secondary N) is 1. The van der Waals surface area contributed by atoms with Crippen molar-refractivity contribution in [2.75, 3.05) is 12.3 Å². The molecule has 29 heavy (non-hydrogen) atoms. The third kappa shape index (κ3) is 6.15.